The normalized spacial score (nSPS) is 25.6. The fourth-order valence-corrected chi connectivity index (χ4v) is 8.68. The lowest BCUT2D eigenvalue weighted by Gasteiger charge is -2.43. The number of hydrogen-bond donors (Lipinski definition) is 1. The Morgan fingerprint density at radius 3 is 2.47 bits per heavy atom. The smallest absolute Gasteiger partial charge is 0.414 e. The number of benzene rings is 2. The van der Waals surface area contributed by atoms with Crippen LogP contribution in [0.1, 0.15) is 67.8 Å². The average molecular weight is 671 g/mol. The van der Waals surface area contributed by atoms with Crippen LogP contribution >= 0.6 is 0 Å². The van der Waals surface area contributed by atoms with Crippen LogP contribution in [0.5, 0.6) is 0 Å². The number of para-hydroxylation sites is 1. The highest BCUT2D eigenvalue weighted by atomic mass is 16.5. The molecule has 1 unspecified atom stereocenters. The molecule has 0 radical (unpaired) electrons. The molecule has 260 valence electrons. The number of anilines is 2. The third-order valence-corrected chi connectivity index (χ3v) is 11.0. The molecule has 49 heavy (non-hydrogen) atoms. The molecule has 0 bridgehead atoms. The summed E-state index contributed by atoms with van der Waals surface area (Å²) in [6, 6.07) is 14.0. The van der Waals surface area contributed by atoms with Crippen molar-refractivity contribution in [3.05, 3.63) is 71.3 Å². The molecule has 6 rings (SSSR count). The van der Waals surface area contributed by atoms with E-state index < -0.39 is 29.3 Å². The molecule has 2 heterocycles. The van der Waals surface area contributed by atoms with Gasteiger partial charge in [0.1, 0.15) is 0 Å². The van der Waals surface area contributed by atoms with Crippen molar-refractivity contribution in [1.29, 1.82) is 0 Å². The molecule has 5 amide bonds. The molecule has 2 aromatic carbocycles. The molecule has 11 heteroatoms. The van der Waals surface area contributed by atoms with Gasteiger partial charge in [-0.3, -0.25) is 19.4 Å². The second-order valence-electron chi connectivity index (χ2n) is 13.9. The number of urea groups is 1. The summed E-state index contributed by atoms with van der Waals surface area (Å²) in [5.74, 6) is -2.13. The first-order valence-electron chi connectivity index (χ1n) is 17.3. The second-order valence-corrected chi connectivity index (χ2v) is 13.9. The molecular weight excluding hydrogens is 624 g/mol. The Balaban J connectivity index is 1.49. The summed E-state index contributed by atoms with van der Waals surface area (Å²) < 4.78 is 10.3. The Kier molecular flexibility index (Phi) is 9.81. The zero-order valence-corrected chi connectivity index (χ0v) is 28.8. The minimum Gasteiger partial charge on any atom is -0.465 e. The Labute approximate surface area is 287 Å². The molecular formula is C38H46N4O7. The van der Waals surface area contributed by atoms with E-state index in [9.17, 15) is 24.0 Å². The first-order chi connectivity index (χ1) is 23.6. The number of allylic oxidation sites excluding steroid dienone is 2. The van der Waals surface area contributed by atoms with Gasteiger partial charge in [-0.05, 0) is 79.8 Å². The Morgan fingerprint density at radius 1 is 1.00 bits per heavy atom. The summed E-state index contributed by atoms with van der Waals surface area (Å²) in [4.78, 5) is 72.5. The monoisotopic (exact) mass is 670 g/mol. The molecule has 2 aromatic rings. The van der Waals surface area contributed by atoms with Crippen LogP contribution in [0.4, 0.5) is 21.0 Å². The third kappa shape index (κ3) is 6.31. The molecule has 1 saturated heterocycles. The van der Waals surface area contributed by atoms with E-state index >= 15 is 0 Å². The van der Waals surface area contributed by atoms with Crippen molar-refractivity contribution >= 4 is 41.3 Å². The molecule has 11 nitrogen and oxygen atoms in total. The maximum absolute atomic E-state index is 14.1. The molecule has 1 N–H and O–H groups in total. The number of carbonyl (C=O) groups is 5. The van der Waals surface area contributed by atoms with Crippen LogP contribution in [0, 0.1) is 23.7 Å². The summed E-state index contributed by atoms with van der Waals surface area (Å²) >= 11 is 0. The van der Waals surface area contributed by atoms with Crippen molar-refractivity contribution in [3.8, 4) is 0 Å². The average Bonchev–Trinajstić information content (AvgIpc) is 3.56. The Hall–Kier alpha value is -4.67. The first-order valence-corrected chi connectivity index (χ1v) is 17.3. The topological polar surface area (TPSA) is 126 Å². The van der Waals surface area contributed by atoms with E-state index in [1.54, 1.807) is 35.0 Å². The van der Waals surface area contributed by atoms with E-state index in [2.05, 4.69) is 18.3 Å². The number of nitrogens with one attached hydrogen (secondary N) is 1. The molecule has 2 aliphatic carbocycles. The van der Waals surface area contributed by atoms with Crippen LogP contribution < -0.4 is 10.2 Å². The highest BCUT2D eigenvalue weighted by Crippen LogP contribution is 2.54. The summed E-state index contributed by atoms with van der Waals surface area (Å²) in [7, 11) is 4.22. The molecule has 2 fully saturated rings. The van der Waals surface area contributed by atoms with Crippen molar-refractivity contribution in [2.75, 3.05) is 51.1 Å². The van der Waals surface area contributed by atoms with Gasteiger partial charge in [0.2, 0.25) is 11.8 Å². The molecule has 4 aliphatic rings. The minimum absolute atomic E-state index is 0.0402. The number of rotatable bonds is 9. The largest absolute Gasteiger partial charge is 0.465 e. The van der Waals surface area contributed by atoms with Gasteiger partial charge in [-0.25, -0.2) is 14.4 Å². The third-order valence-electron chi connectivity index (χ3n) is 11.0. The highest BCUT2D eigenvalue weighted by molar-refractivity contribution is 6.05. The number of imide groups is 1. The van der Waals surface area contributed by atoms with Crippen molar-refractivity contribution < 1.29 is 33.4 Å². The number of esters is 1. The standard InChI is InChI=1S/C38H46N4O7/c1-5-6-18-41(36(46)39-27-13-8-7-9-14-27)22-38(23-42(37(47)49-4)30-17-16-25(20-29(30)38)35(45)48-3)21-26-19-24-12-10-11-15-28(24)32-31(26)33(43)40(2)34(32)44/h7-9,13-14,16-17,19-20,26,28,31-32H,5-6,10-12,15,18,21-23H2,1-4H3,(H,39,46)/t26-,28-,31+,32-,38?/m1/s1. The van der Waals surface area contributed by atoms with Crippen LogP contribution in [0.3, 0.4) is 0 Å². The predicted molar refractivity (Wildman–Crippen MR) is 184 cm³/mol. The molecule has 0 spiro atoms. The molecule has 0 aromatic heterocycles. The van der Waals surface area contributed by atoms with E-state index in [4.69, 9.17) is 9.47 Å². The fourth-order valence-electron chi connectivity index (χ4n) is 8.68. The number of unbranched alkanes of at least 4 members (excludes halogenated alkanes) is 1. The number of likely N-dealkylation sites (tertiary alicyclic amines) is 1. The van der Waals surface area contributed by atoms with Gasteiger partial charge in [0.25, 0.3) is 0 Å². The number of methoxy groups -OCH3 is 2. The number of hydrogen-bond acceptors (Lipinski definition) is 7. The van der Waals surface area contributed by atoms with Gasteiger partial charge in [-0.1, -0.05) is 49.6 Å². The van der Waals surface area contributed by atoms with Crippen LogP contribution in [-0.2, 0) is 24.5 Å². The van der Waals surface area contributed by atoms with E-state index in [0.717, 1.165) is 38.5 Å². The van der Waals surface area contributed by atoms with Gasteiger partial charge in [0.05, 0.1) is 37.3 Å². The summed E-state index contributed by atoms with van der Waals surface area (Å²) in [6.45, 7) is 2.85. The van der Waals surface area contributed by atoms with E-state index in [0.29, 0.717) is 35.5 Å². The SMILES string of the molecule is CCCCN(CC1(C[C@H]2C=C3CCCC[C@H]3[C@H]3C(=O)N(C)C(=O)[C@H]32)CN(C(=O)OC)c2ccc(C(=O)OC)cc21)C(=O)Nc1ccccc1. The van der Waals surface area contributed by atoms with Gasteiger partial charge < -0.3 is 19.7 Å². The number of amides is 5. The van der Waals surface area contributed by atoms with Gasteiger partial charge >= 0.3 is 18.1 Å². The first kappa shape index (κ1) is 34.2. The molecule has 1 saturated carbocycles. The van der Waals surface area contributed by atoms with E-state index in [1.165, 1.54) is 24.7 Å². The van der Waals surface area contributed by atoms with E-state index in [-0.39, 0.29) is 42.8 Å². The van der Waals surface area contributed by atoms with Crippen molar-refractivity contribution in [1.82, 2.24) is 9.80 Å². The van der Waals surface area contributed by atoms with Crippen LogP contribution in [-0.4, -0.2) is 80.6 Å². The number of carbonyl (C=O) groups excluding carboxylic acids is 5. The lowest BCUT2D eigenvalue weighted by atomic mass is 9.60. The zero-order chi connectivity index (χ0) is 34.9. The van der Waals surface area contributed by atoms with Crippen molar-refractivity contribution in [3.63, 3.8) is 0 Å². The zero-order valence-electron chi connectivity index (χ0n) is 28.8. The summed E-state index contributed by atoms with van der Waals surface area (Å²) in [5, 5.41) is 3.04. The van der Waals surface area contributed by atoms with Gasteiger partial charge in [-0.2, -0.15) is 0 Å². The Bertz CT molecular complexity index is 1660. The predicted octanol–water partition coefficient (Wildman–Crippen LogP) is 6.00. The Morgan fingerprint density at radius 2 is 1.76 bits per heavy atom. The van der Waals surface area contributed by atoms with Crippen molar-refractivity contribution in [2.45, 2.75) is 57.3 Å². The lowest BCUT2D eigenvalue weighted by molar-refractivity contribution is -0.138. The molecule has 2 aliphatic heterocycles. The quantitative estimate of drug-likeness (QED) is 0.197. The number of ether oxygens (including phenoxy) is 2. The summed E-state index contributed by atoms with van der Waals surface area (Å²) in [6.07, 6.45) is 7.42. The van der Waals surface area contributed by atoms with Crippen molar-refractivity contribution in [2.24, 2.45) is 23.7 Å². The van der Waals surface area contributed by atoms with E-state index in [1.807, 2.05) is 30.3 Å². The number of nitrogens with zero attached hydrogens (tertiary/aromatic N) is 3. The van der Waals surface area contributed by atoms with Crippen LogP contribution in [0.2, 0.25) is 0 Å². The second kappa shape index (κ2) is 14.1. The lowest BCUT2D eigenvalue weighted by Crippen LogP contribution is -2.51. The number of fused-ring (bicyclic) bond motifs is 4. The maximum atomic E-state index is 14.1. The summed E-state index contributed by atoms with van der Waals surface area (Å²) in [5.41, 5.74) is 2.51. The van der Waals surface area contributed by atoms with Crippen LogP contribution in [0.25, 0.3) is 0 Å². The molecule has 5 atom stereocenters. The highest BCUT2D eigenvalue weighted by Gasteiger charge is 2.58. The fraction of sp³-hybridized carbons (Fsp3) is 0.500. The van der Waals surface area contributed by atoms with Gasteiger partial charge in [-0.15, -0.1) is 0 Å². The minimum atomic E-state index is -0.937. The van der Waals surface area contributed by atoms with Gasteiger partial charge in [0.15, 0.2) is 0 Å². The van der Waals surface area contributed by atoms with Gasteiger partial charge in [0, 0.05) is 37.8 Å². The van der Waals surface area contributed by atoms with Crippen LogP contribution in [0.15, 0.2) is 60.2 Å². The maximum Gasteiger partial charge on any atom is 0.414 e.